The second-order valence-electron chi connectivity index (χ2n) is 12.3. The van der Waals surface area contributed by atoms with Crippen LogP contribution in [0.3, 0.4) is 0 Å². The van der Waals surface area contributed by atoms with Crippen molar-refractivity contribution in [1.82, 2.24) is 19.4 Å². The van der Waals surface area contributed by atoms with Crippen LogP contribution >= 0.6 is 0 Å². The minimum Gasteiger partial charge on any atom is -0.399 e. The van der Waals surface area contributed by atoms with Crippen LogP contribution in [0.1, 0.15) is 66.9 Å². The van der Waals surface area contributed by atoms with Gasteiger partial charge in [-0.1, -0.05) is 6.08 Å². The van der Waals surface area contributed by atoms with Gasteiger partial charge in [0.05, 0.1) is 11.2 Å². The molecule has 4 heterocycles. The monoisotopic (exact) mass is 528 g/mol. The summed E-state index contributed by atoms with van der Waals surface area (Å²) in [4.78, 5) is 21.3. The number of carbonyl (C=O) groups excluding carboxylic acids is 1. The van der Waals surface area contributed by atoms with Crippen LogP contribution in [-0.2, 0) is 22.9 Å². The van der Waals surface area contributed by atoms with Crippen LogP contribution in [-0.4, -0.2) is 70.8 Å². The number of aryl methyl sites for hydroxylation is 3. The third kappa shape index (κ3) is 4.94. The van der Waals surface area contributed by atoms with E-state index >= 15 is 0 Å². The number of rotatable bonds is 5. The molecule has 2 aliphatic heterocycles. The predicted molar refractivity (Wildman–Crippen MR) is 158 cm³/mol. The Morgan fingerprint density at radius 2 is 1.72 bits per heavy atom. The van der Waals surface area contributed by atoms with Crippen molar-refractivity contribution in [1.29, 1.82) is 0 Å². The van der Waals surface area contributed by atoms with Gasteiger partial charge < -0.3 is 18.8 Å². The molecule has 0 aliphatic carbocycles. The lowest BCUT2D eigenvalue weighted by Crippen LogP contribution is -2.41. The molecule has 0 unspecified atom stereocenters. The maximum absolute atomic E-state index is 12.5. The number of nitrogens with zero attached hydrogens (tertiary/aromatic N) is 4. The van der Waals surface area contributed by atoms with E-state index in [9.17, 15) is 4.79 Å². The fourth-order valence-electron chi connectivity index (χ4n) is 5.78. The highest BCUT2D eigenvalue weighted by molar-refractivity contribution is 6.65. The van der Waals surface area contributed by atoms with Gasteiger partial charge in [0, 0.05) is 63.6 Å². The van der Waals surface area contributed by atoms with Crippen molar-refractivity contribution in [2.24, 2.45) is 7.05 Å². The molecule has 1 saturated heterocycles. The summed E-state index contributed by atoms with van der Waals surface area (Å²) >= 11 is 0. The van der Waals surface area contributed by atoms with E-state index in [0.717, 1.165) is 59.2 Å². The minimum atomic E-state index is -0.415. The van der Waals surface area contributed by atoms with Gasteiger partial charge in [-0.2, -0.15) is 0 Å². The highest BCUT2D eigenvalue weighted by atomic mass is 16.7. The number of aromatic nitrogens is 2. The first-order chi connectivity index (χ1) is 18.3. The minimum absolute atomic E-state index is 0.0441. The lowest BCUT2D eigenvalue weighted by molar-refractivity contribution is 0.00578. The molecule has 5 rings (SSSR count). The van der Waals surface area contributed by atoms with Crippen LogP contribution in [0.4, 0.5) is 0 Å². The second kappa shape index (κ2) is 9.91. The van der Waals surface area contributed by atoms with Crippen molar-refractivity contribution in [3.05, 3.63) is 64.5 Å². The topological polar surface area (TPSA) is 59.8 Å². The van der Waals surface area contributed by atoms with E-state index in [1.54, 1.807) is 19.0 Å². The van der Waals surface area contributed by atoms with Crippen LogP contribution in [0.2, 0.25) is 0 Å². The molecular formula is C31H41BN4O3. The van der Waals surface area contributed by atoms with Gasteiger partial charge in [-0.3, -0.25) is 9.69 Å². The van der Waals surface area contributed by atoms with Crippen molar-refractivity contribution in [2.75, 3.05) is 27.2 Å². The molecule has 1 fully saturated rings. The Hall–Kier alpha value is -2.94. The number of amides is 1. The smallest absolute Gasteiger partial charge is 0.399 e. The fourth-order valence-corrected chi connectivity index (χ4v) is 5.78. The zero-order valence-corrected chi connectivity index (χ0v) is 24.9. The molecule has 8 heteroatoms. The molecular weight excluding hydrogens is 487 g/mol. The average Bonchev–Trinajstić information content (AvgIpc) is 3.29. The lowest BCUT2D eigenvalue weighted by atomic mass is 9.78. The zero-order valence-electron chi connectivity index (χ0n) is 24.9. The normalized spacial score (nSPS) is 19.0. The molecule has 1 amide bonds. The fraction of sp³-hybridized carbons (Fsp3) is 0.484. The Labute approximate surface area is 232 Å². The van der Waals surface area contributed by atoms with Crippen molar-refractivity contribution in [3.63, 3.8) is 0 Å². The number of hydrogen-bond donors (Lipinski definition) is 0. The molecule has 2 aliphatic rings. The predicted octanol–water partition coefficient (Wildman–Crippen LogP) is 4.48. The maximum Gasteiger partial charge on any atom is 0.495 e. The zero-order chi connectivity index (χ0) is 28.3. The molecule has 0 saturated carbocycles. The molecule has 3 aromatic rings. The number of hydrogen-bond acceptors (Lipinski definition) is 5. The summed E-state index contributed by atoms with van der Waals surface area (Å²) in [5.41, 5.74) is 8.15. The highest BCUT2D eigenvalue weighted by Crippen LogP contribution is 2.37. The largest absolute Gasteiger partial charge is 0.495 e. The third-order valence-electron chi connectivity index (χ3n) is 8.76. The highest BCUT2D eigenvalue weighted by Gasteiger charge is 2.52. The van der Waals surface area contributed by atoms with Crippen LogP contribution in [0, 0.1) is 13.8 Å². The Bertz CT molecular complexity index is 1430. The van der Waals surface area contributed by atoms with E-state index in [2.05, 4.69) is 70.2 Å². The van der Waals surface area contributed by atoms with Gasteiger partial charge in [-0.25, -0.2) is 4.98 Å². The summed E-state index contributed by atoms with van der Waals surface area (Å²) in [5, 5.41) is 1.08. The molecule has 0 spiro atoms. The van der Waals surface area contributed by atoms with Gasteiger partial charge in [0.25, 0.3) is 5.91 Å². The summed E-state index contributed by atoms with van der Waals surface area (Å²) in [7, 11) is 5.27. The van der Waals surface area contributed by atoms with Gasteiger partial charge in [-0.05, 0) is 100.0 Å². The standard InChI is InChI=1S/C31H41BN4O3/c1-20-16-23(29(37)34(7)8)17-21(2)27(20)22-11-14-36(15-12-22)19-24-18-25-26(10-13-33-28(25)35(24)9)32-38-30(3,4)31(5,6)39-32/h10-11,13,16-18H,12,14-15,19H2,1-9H3. The van der Waals surface area contributed by atoms with E-state index in [1.807, 2.05) is 24.4 Å². The molecule has 39 heavy (non-hydrogen) atoms. The maximum atomic E-state index is 12.5. The Kier molecular flexibility index (Phi) is 7.02. The summed E-state index contributed by atoms with van der Waals surface area (Å²) in [5.74, 6) is 0.0441. The molecule has 0 radical (unpaired) electrons. The van der Waals surface area contributed by atoms with E-state index in [0.29, 0.717) is 0 Å². The van der Waals surface area contributed by atoms with Crippen LogP contribution < -0.4 is 5.46 Å². The number of fused-ring (bicyclic) bond motifs is 1. The van der Waals surface area contributed by atoms with Crippen molar-refractivity contribution in [2.45, 2.75) is 65.7 Å². The van der Waals surface area contributed by atoms with E-state index < -0.39 is 7.12 Å². The number of carbonyl (C=O) groups is 1. The summed E-state index contributed by atoms with van der Waals surface area (Å²) in [6, 6.07) is 8.32. The number of pyridine rings is 1. The quantitative estimate of drug-likeness (QED) is 0.457. The molecule has 0 N–H and O–H groups in total. The van der Waals surface area contributed by atoms with Crippen LogP contribution in [0.5, 0.6) is 0 Å². The van der Waals surface area contributed by atoms with Crippen molar-refractivity contribution in [3.8, 4) is 0 Å². The first kappa shape index (κ1) is 27.6. The SMILES string of the molecule is Cc1cc(C(=O)N(C)C)cc(C)c1C1=CCN(Cc2cc3c(B4OC(C)(C)C(C)(C)O4)ccnc3n2C)CC1. The number of benzene rings is 1. The van der Waals surface area contributed by atoms with E-state index in [-0.39, 0.29) is 17.1 Å². The van der Waals surface area contributed by atoms with Gasteiger partial charge in [0.1, 0.15) is 5.65 Å². The van der Waals surface area contributed by atoms with Gasteiger partial charge in [0.2, 0.25) is 0 Å². The lowest BCUT2D eigenvalue weighted by Gasteiger charge is -2.32. The van der Waals surface area contributed by atoms with Crippen molar-refractivity contribution < 1.29 is 14.1 Å². The first-order valence-electron chi connectivity index (χ1n) is 13.8. The second-order valence-corrected chi connectivity index (χ2v) is 12.3. The third-order valence-corrected chi connectivity index (χ3v) is 8.76. The Morgan fingerprint density at radius 1 is 1.08 bits per heavy atom. The average molecular weight is 529 g/mol. The van der Waals surface area contributed by atoms with Crippen LogP contribution in [0.25, 0.3) is 16.6 Å². The Balaban J connectivity index is 1.35. The summed E-state index contributed by atoms with van der Waals surface area (Å²) < 4.78 is 14.9. The van der Waals surface area contributed by atoms with Gasteiger partial charge in [-0.15, -0.1) is 0 Å². The van der Waals surface area contributed by atoms with Crippen LogP contribution in [0.15, 0.2) is 36.5 Å². The summed E-state index contributed by atoms with van der Waals surface area (Å²) in [6.45, 7) is 15.3. The van der Waals surface area contributed by atoms with Crippen molar-refractivity contribution >= 4 is 35.1 Å². The van der Waals surface area contributed by atoms with E-state index in [1.165, 1.54) is 16.8 Å². The first-order valence-corrected chi connectivity index (χ1v) is 13.8. The van der Waals surface area contributed by atoms with Gasteiger partial charge >= 0.3 is 7.12 Å². The Morgan fingerprint density at radius 3 is 2.28 bits per heavy atom. The molecule has 1 aromatic carbocycles. The molecule has 0 atom stereocenters. The molecule has 2 aromatic heterocycles. The molecule has 206 valence electrons. The van der Waals surface area contributed by atoms with Gasteiger partial charge in [0.15, 0.2) is 0 Å². The summed E-state index contributed by atoms with van der Waals surface area (Å²) in [6.07, 6.45) is 5.18. The molecule has 7 nitrogen and oxygen atoms in total. The molecule has 0 bridgehead atoms. The van der Waals surface area contributed by atoms with E-state index in [4.69, 9.17) is 14.3 Å².